The zero-order chi connectivity index (χ0) is 10.7. The maximum Gasteiger partial charge on any atom is 0.261 e. The van der Waals surface area contributed by atoms with Crippen LogP contribution in [0.5, 0.6) is 0 Å². The summed E-state index contributed by atoms with van der Waals surface area (Å²) in [5.41, 5.74) is 0. The first kappa shape index (κ1) is 11.3. The minimum Gasteiger partial charge on any atom is -0.314 e. The van der Waals surface area contributed by atoms with Crippen LogP contribution >= 0.6 is 0 Å². The molecule has 1 N–H and O–H groups in total. The van der Waals surface area contributed by atoms with Gasteiger partial charge in [-0.3, -0.25) is 4.90 Å². The number of piperidine rings is 1. The van der Waals surface area contributed by atoms with Crippen molar-refractivity contribution >= 4 is 0 Å². The Balaban J connectivity index is 1.65. The van der Waals surface area contributed by atoms with Crippen LogP contribution in [0.4, 0.5) is 8.78 Å². The summed E-state index contributed by atoms with van der Waals surface area (Å²) in [4.78, 5) is 1.90. The summed E-state index contributed by atoms with van der Waals surface area (Å²) in [5.74, 6) is -2.43. The molecule has 4 heteroatoms. The fraction of sp³-hybridized carbons (Fsp3) is 1.00. The number of nitrogens with one attached hydrogen (secondary N) is 1. The molecule has 2 rings (SSSR count). The van der Waals surface area contributed by atoms with Gasteiger partial charge in [-0.15, -0.1) is 0 Å². The molecule has 1 atom stereocenters. The zero-order valence-corrected chi connectivity index (χ0v) is 9.14. The number of halogens is 2. The monoisotopic (exact) mass is 218 g/mol. The second-order valence-corrected chi connectivity index (χ2v) is 4.82. The molecule has 1 unspecified atom stereocenters. The van der Waals surface area contributed by atoms with E-state index in [4.69, 9.17) is 0 Å². The highest BCUT2D eigenvalue weighted by Crippen LogP contribution is 2.27. The third-order valence-electron chi connectivity index (χ3n) is 3.45. The lowest BCUT2D eigenvalue weighted by molar-refractivity contribution is 0.0118. The molecule has 0 aromatic heterocycles. The Kier molecular flexibility index (Phi) is 3.57. The van der Waals surface area contributed by atoms with E-state index < -0.39 is 5.92 Å². The Hall–Kier alpha value is -0.220. The first-order valence-electron chi connectivity index (χ1n) is 5.99. The molecule has 2 aliphatic heterocycles. The number of nitrogens with zero attached hydrogens (tertiary/aromatic N) is 1. The van der Waals surface area contributed by atoms with Crippen LogP contribution in [-0.2, 0) is 0 Å². The van der Waals surface area contributed by atoms with Crippen molar-refractivity contribution in [3.05, 3.63) is 0 Å². The van der Waals surface area contributed by atoms with Gasteiger partial charge in [-0.25, -0.2) is 8.78 Å². The van der Waals surface area contributed by atoms with Crippen LogP contribution in [0.3, 0.4) is 0 Å². The quantitative estimate of drug-likeness (QED) is 0.778. The third kappa shape index (κ3) is 3.38. The van der Waals surface area contributed by atoms with E-state index in [1.165, 1.54) is 19.3 Å². The van der Waals surface area contributed by atoms with E-state index in [0.717, 1.165) is 19.5 Å². The maximum atomic E-state index is 12.9. The molecule has 2 aliphatic rings. The van der Waals surface area contributed by atoms with Crippen LogP contribution < -0.4 is 5.32 Å². The molecular formula is C11H20F2N2. The van der Waals surface area contributed by atoms with Gasteiger partial charge in [-0.2, -0.15) is 0 Å². The molecule has 0 aromatic carbocycles. The van der Waals surface area contributed by atoms with Gasteiger partial charge >= 0.3 is 0 Å². The Bertz CT molecular complexity index is 203. The first-order chi connectivity index (χ1) is 7.16. The van der Waals surface area contributed by atoms with Gasteiger partial charge in [0, 0.05) is 19.0 Å². The molecule has 0 bridgehead atoms. The van der Waals surface area contributed by atoms with Gasteiger partial charge in [0.25, 0.3) is 5.92 Å². The fourth-order valence-corrected chi connectivity index (χ4v) is 2.51. The first-order valence-corrected chi connectivity index (χ1v) is 5.99. The lowest BCUT2D eigenvalue weighted by Gasteiger charge is -2.25. The van der Waals surface area contributed by atoms with Crippen LogP contribution in [0.2, 0.25) is 0 Å². The highest BCUT2D eigenvalue weighted by Gasteiger charge is 2.37. The molecule has 0 radical (unpaired) electrons. The van der Waals surface area contributed by atoms with Crippen LogP contribution in [0.1, 0.15) is 32.1 Å². The van der Waals surface area contributed by atoms with Gasteiger partial charge in [0.15, 0.2) is 0 Å². The molecule has 0 aliphatic carbocycles. The average molecular weight is 218 g/mol. The van der Waals surface area contributed by atoms with Crippen molar-refractivity contribution in [2.75, 3.05) is 26.2 Å². The van der Waals surface area contributed by atoms with Crippen LogP contribution in [-0.4, -0.2) is 43.0 Å². The molecule has 2 saturated heterocycles. The van der Waals surface area contributed by atoms with Crippen molar-refractivity contribution in [2.24, 2.45) is 0 Å². The summed E-state index contributed by atoms with van der Waals surface area (Å²) >= 11 is 0. The lowest BCUT2D eigenvalue weighted by Crippen LogP contribution is -2.37. The molecule has 0 spiro atoms. The van der Waals surface area contributed by atoms with Crippen molar-refractivity contribution in [1.29, 1.82) is 0 Å². The second kappa shape index (κ2) is 4.74. The Labute approximate surface area is 90.0 Å². The van der Waals surface area contributed by atoms with E-state index in [9.17, 15) is 8.78 Å². The summed E-state index contributed by atoms with van der Waals surface area (Å²) in [7, 11) is 0. The van der Waals surface area contributed by atoms with E-state index in [0.29, 0.717) is 12.6 Å². The molecule has 2 nitrogen and oxygen atoms in total. The topological polar surface area (TPSA) is 15.3 Å². The number of alkyl halides is 2. The number of rotatable bonds is 3. The van der Waals surface area contributed by atoms with Crippen molar-refractivity contribution in [2.45, 2.75) is 44.1 Å². The standard InChI is InChI=1S/C11H20F2N2/c12-11(13)5-8-15(9-11)7-4-10-3-1-2-6-14-10/h10,14H,1-9H2. The summed E-state index contributed by atoms with van der Waals surface area (Å²) in [5, 5.41) is 3.45. The summed E-state index contributed by atoms with van der Waals surface area (Å²) in [6.45, 7) is 2.47. The molecule has 88 valence electrons. The molecule has 0 aromatic rings. The summed E-state index contributed by atoms with van der Waals surface area (Å²) < 4.78 is 25.8. The second-order valence-electron chi connectivity index (χ2n) is 4.82. The van der Waals surface area contributed by atoms with Gasteiger partial charge < -0.3 is 5.32 Å². The van der Waals surface area contributed by atoms with Crippen molar-refractivity contribution in [1.82, 2.24) is 10.2 Å². The minimum absolute atomic E-state index is 0.0281. The van der Waals surface area contributed by atoms with E-state index in [1.807, 2.05) is 4.90 Å². The van der Waals surface area contributed by atoms with E-state index >= 15 is 0 Å². The number of hydrogen-bond donors (Lipinski definition) is 1. The Morgan fingerprint density at radius 2 is 2.20 bits per heavy atom. The van der Waals surface area contributed by atoms with Crippen molar-refractivity contribution < 1.29 is 8.78 Å². The van der Waals surface area contributed by atoms with Crippen LogP contribution in [0.15, 0.2) is 0 Å². The largest absolute Gasteiger partial charge is 0.314 e. The van der Waals surface area contributed by atoms with Crippen molar-refractivity contribution in [3.63, 3.8) is 0 Å². The number of hydrogen-bond acceptors (Lipinski definition) is 2. The normalized spacial score (nSPS) is 32.0. The lowest BCUT2D eigenvalue weighted by atomic mass is 10.0. The average Bonchev–Trinajstić information content (AvgIpc) is 2.57. The zero-order valence-electron chi connectivity index (χ0n) is 9.14. The highest BCUT2D eigenvalue weighted by atomic mass is 19.3. The van der Waals surface area contributed by atoms with Gasteiger partial charge in [0.2, 0.25) is 0 Å². The van der Waals surface area contributed by atoms with Gasteiger partial charge in [-0.1, -0.05) is 6.42 Å². The van der Waals surface area contributed by atoms with E-state index in [2.05, 4.69) is 5.32 Å². The fourth-order valence-electron chi connectivity index (χ4n) is 2.51. The Morgan fingerprint density at radius 3 is 2.80 bits per heavy atom. The molecule has 0 amide bonds. The third-order valence-corrected chi connectivity index (χ3v) is 3.45. The van der Waals surface area contributed by atoms with Crippen LogP contribution in [0.25, 0.3) is 0 Å². The minimum atomic E-state index is -2.43. The summed E-state index contributed by atoms with van der Waals surface area (Å²) in [6, 6.07) is 0.563. The predicted molar refractivity (Wildman–Crippen MR) is 56.3 cm³/mol. The summed E-state index contributed by atoms with van der Waals surface area (Å²) in [6.07, 6.45) is 4.83. The molecule has 2 fully saturated rings. The van der Waals surface area contributed by atoms with E-state index in [1.54, 1.807) is 0 Å². The predicted octanol–water partition coefficient (Wildman–Crippen LogP) is 1.86. The number of likely N-dealkylation sites (tertiary alicyclic amines) is 1. The van der Waals surface area contributed by atoms with Gasteiger partial charge in [0.05, 0.1) is 6.54 Å². The maximum absolute atomic E-state index is 12.9. The molecule has 2 heterocycles. The van der Waals surface area contributed by atoms with Crippen molar-refractivity contribution in [3.8, 4) is 0 Å². The van der Waals surface area contributed by atoms with Crippen LogP contribution in [0, 0.1) is 0 Å². The van der Waals surface area contributed by atoms with Gasteiger partial charge in [0.1, 0.15) is 0 Å². The SMILES string of the molecule is FC1(F)CCN(CCC2CCCCN2)C1. The Morgan fingerprint density at radius 1 is 1.33 bits per heavy atom. The smallest absolute Gasteiger partial charge is 0.261 e. The highest BCUT2D eigenvalue weighted by molar-refractivity contribution is 4.83. The van der Waals surface area contributed by atoms with Gasteiger partial charge in [-0.05, 0) is 32.4 Å². The van der Waals surface area contributed by atoms with E-state index in [-0.39, 0.29) is 13.0 Å². The molecular weight excluding hydrogens is 198 g/mol. The molecule has 15 heavy (non-hydrogen) atoms. The molecule has 0 saturated carbocycles.